The van der Waals surface area contributed by atoms with Crippen LogP contribution in [0, 0.1) is 0 Å². The van der Waals surface area contributed by atoms with Crippen molar-refractivity contribution in [1.29, 1.82) is 0 Å². The SMILES string of the molecule is CCC1=C(/C)Nc2ccc(cc2)C2CCC(CC2)c2cccc(c2)/C=C\1. The highest BCUT2D eigenvalue weighted by Gasteiger charge is 2.23. The third-order valence-corrected chi connectivity index (χ3v) is 6.16. The summed E-state index contributed by atoms with van der Waals surface area (Å²) in [6.45, 7) is 4.40. The third-order valence-electron chi connectivity index (χ3n) is 6.16. The molecular formula is C25H29N. The van der Waals surface area contributed by atoms with Gasteiger partial charge < -0.3 is 5.32 Å². The number of anilines is 1. The van der Waals surface area contributed by atoms with Crippen molar-refractivity contribution in [3.05, 3.63) is 82.6 Å². The van der Waals surface area contributed by atoms with Crippen molar-refractivity contribution in [1.82, 2.24) is 0 Å². The lowest BCUT2D eigenvalue weighted by Gasteiger charge is -2.29. The molecule has 6 rings (SSSR count). The molecule has 1 fully saturated rings. The van der Waals surface area contributed by atoms with E-state index >= 15 is 0 Å². The molecule has 4 aliphatic rings. The Morgan fingerprint density at radius 1 is 0.846 bits per heavy atom. The highest BCUT2D eigenvalue weighted by Crippen LogP contribution is 2.41. The average molecular weight is 344 g/mol. The molecule has 6 bridgehead atoms. The molecule has 0 atom stereocenters. The molecule has 3 heterocycles. The fraction of sp³-hybridized carbons (Fsp3) is 0.360. The highest BCUT2D eigenvalue weighted by atomic mass is 14.9. The van der Waals surface area contributed by atoms with Crippen LogP contribution in [0.25, 0.3) is 6.08 Å². The molecule has 3 aliphatic heterocycles. The van der Waals surface area contributed by atoms with Gasteiger partial charge in [0.05, 0.1) is 0 Å². The Kier molecular flexibility index (Phi) is 4.97. The van der Waals surface area contributed by atoms with Crippen molar-refractivity contribution >= 4 is 11.8 Å². The van der Waals surface area contributed by atoms with Gasteiger partial charge in [0, 0.05) is 11.4 Å². The second-order valence-corrected chi connectivity index (χ2v) is 7.80. The molecule has 26 heavy (non-hydrogen) atoms. The van der Waals surface area contributed by atoms with Crippen LogP contribution >= 0.6 is 0 Å². The number of fused-ring (bicyclic) bond motifs is 2. The number of hydrogen-bond donors (Lipinski definition) is 1. The summed E-state index contributed by atoms with van der Waals surface area (Å²) >= 11 is 0. The monoisotopic (exact) mass is 343 g/mol. The smallest absolute Gasteiger partial charge is 0.0381 e. The molecule has 1 nitrogen and oxygen atoms in total. The first-order valence-electron chi connectivity index (χ1n) is 10.1. The topological polar surface area (TPSA) is 12.0 Å². The largest absolute Gasteiger partial charge is 0.359 e. The van der Waals surface area contributed by atoms with E-state index in [4.69, 9.17) is 0 Å². The first-order chi connectivity index (χ1) is 12.7. The maximum Gasteiger partial charge on any atom is 0.0381 e. The van der Waals surface area contributed by atoms with Gasteiger partial charge in [-0.15, -0.1) is 0 Å². The van der Waals surface area contributed by atoms with E-state index in [1.54, 1.807) is 0 Å². The fourth-order valence-corrected chi connectivity index (χ4v) is 4.52. The van der Waals surface area contributed by atoms with Crippen molar-refractivity contribution in [3.8, 4) is 0 Å². The van der Waals surface area contributed by atoms with Crippen molar-refractivity contribution in [3.63, 3.8) is 0 Å². The number of hydrogen-bond acceptors (Lipinski definition) is 1. The van der Waals surface area contributed by atoms with Gasteiger partial charge in [-0.25, -0.2) is 0 Å². The van der Waals surface area contributed by atoms with Crippen LogP contribution in [0.15, 0.2) is 65.9 Å². The number of rotatable bonds is 1. The zero-order valence-corrected chi connectivity index (χ0v) is 16.0. The minimum absolute atomic E-state index is 0.719. The summed E-state index contributed by atoms with van der Waals surface area (Å²) in [6.07, 6.45) is 10.8. The minimum atomic E-state index is 0.719. The molecule has 0 spiro atoms. The molecular weight excluding hydrogens is 314 g/mol. The van der Waals surface area contributed by atoms with E-state index in [0.29, 0.717) is 0 Å². The van der Waals surface area contributed by atoms with Gasteiger partial charge in [0.25, 0.3) is 0 Å². The molecule has 1 N–H and O–H groups in total. The van der Waals surface area contributed by atoms with E-state index in [2.05, 4.69) is 79.8 Å². The van der Waals surface area contributed by atoms with Gasteiger partial charge in [-0.1, -0.05) is 55.5 Å². The zero-order valence-electron chi connectivity index (χ0n) is 16.0. The van der Waals surface area contributed by atoms with Gasteiger partial charge in [-0.2, -0.15) is 0 Å². The predicted octanol–water partition coefficient (Wildman–Crippen LogP) is 7.25. The van der Waals surface area contributed by atoms with Gasteiger partial charge in [0.1, 0.15) is 0 Å². The first-order valence-corrected chi connectivity index (χ1v) is 10.1. The minimum Gasteiger partial charge on any atom is -0.359 e. The second kappa shape index (κ2) is 7.53. The van der Waals surface area contributed by atoms with E-state index in [1.165, 1.54) is 59.3 Å². The zero-order chi connectivity index (χ0) is 17.9. The van der Waals surface area contributed by atoms with E-state index in [0.717, 1.165) is 18.3 Å². The maximum absolute atomic E-state index is 3.59. The highest BCUT2D eigenvalue weighted by molar-refractivity contribution is 5.57. The Labute approximate surface area is 157 Å². The standard InChI is InChI=1S/C25H29N/c1-3-20-8-7-19-5-4-6-24(17-19)23-11-9-21(10-12-23)22-13-15-25(16-14-22)26-18(20)2/h4-8,13-17,21,23,26H,3,9-12H2,1-2H3/b8-7-,20-18+. The lowest BCUT2D eigenvalue weighted by Crippen LogP contribution is -2.12. The molecule has 2 aromatic rings. The Balaban J connectivity index is 1.76. The Hall–Kier alpha value is -2.28. The summed E-state index contributed by atoms with van der Waals surface area (Å²) in [5, 5.41) is 3.59. The Morgan fingerprint density at radius 2 is 1.54 bits per heavy atom. The molecule has 1 aliphatic carbocycles. The van der Waals surface area contributed by atoms with Crippen molar-refractivity contribution in [2.24, 2.45) is 0 Å². The third kappa shape index (κ3) is 3.62. The molecule has 1 saturated carbocycles. The second-order valence-electron chi connectivity index (χ2n) is 7.80. The van der Waals surface area contributed by atoms with Crippen LogP contribution in [-0.4, -0.2) is 0 Å². The fourth-order valence-electron chi connectivity index (χ4n) is 4.52. The van der Waals surface area contributed by atoms with E-state index < -0.39 is 0 Å². The Bertz CT molecular complexity index is 817. The van der Waals surface area contributed by atoms with Crippen LogP contribution in [0.5, 0.6) is 0 Å². The van der Waals surface area contributed by atoms with Crippen molar-refractivity contribution in [2.45, 2.75) is 57.8 Å². The van der Waals surface area contributed by atoms with Gasteiger partial charge in [0.2, 0.25) is 0 Å². The number of nitrogens with one attached hydrogen (secondary N) is 1. The van der Waals surface area contributed by atoms with Gasteiger partial charge in [0.15, 0.2) is 0 Å². The lowest BCUT2D eigenvalue weighted by atomic mass is 9.76. The lowest BCUT2D eigenvalue weighted by molar-refractivity contribution is 0.396. The average Bonchev–Trinajstić information content (AvgIpc) is 2.69. The summed E-state index contributed by atoms with van der Waals surface area (Å²) in [7, 11) is 0. The van der Waals surface area contributed by atoms with Crippen LogP contribution in [-0.2, 0) is 0 Å². The van der Waals surface area contributed by atoms with Crippen LogP contribution in [0.2, 0.25) is 0 Å². The molecule has 0 radical (unpaired) electrons. The van der Waals surface area contributed by atoms with Crippen LogP contribution in [0.3, 0.4) is 0 Å². The van der Waals surface area contributed by atoms with Gasteiger partial charge >= 0.3 is 0 Å². The van der Waals surface area contributed by atoms with E-state index in [9.17, 15) is 0 Å². The maximum atomic E-state index is 3.59. The quantitative estimate of drug-likeness (QED) is 0.575. The predicted molar refractivity (Wildman–Crippen MR) is 112 cm³/mol. The molecule has 1 heteroatoms. The van der Waals surface area contributed by atoms with Crippen molar-refractivity contribution in [2.75, 3.05) is 5.32 Å². The van der Waals surface area contributed by atoms with Gasteiger partial charge in [-0.3, -0.25) is 0 Å². The number of allylic oxidation sites excluding steroid dienone is 3. The summed E-state index contributed by atoms with van der Waals surface area (Å²) in [4.78, 5) is 0. The molecule has 0 unspecified atom stereocenters. The van der Waals surface area contributed by atoms with Crippen molar-refractivity contribution < 1.29 is 0 Å². The summed E-state index contributed by atoms with van der Waals surface area (Å²) in [6, 6.07) is 18.3. The van der Waals surface area contributed by atoms with Crippen LogP contribution in [0.1, 0.15) is 74.5 Å². The summed E-state index contributed by atoms with van der Waals surface area (Å²) < 4.78 is 0. The molecule has 0 saturated heterocycles. The molecule has 0 amide bonds. The van der Waals surface area contributed by atoms with Crippen LogP contribution in [0.4, 0.5) is 5.69 Å². The molecule has 2 aromatic carbocycles. The normalized spacial score (nSPS) is 26.5. The van der Waals surface area contributed by atoms with Crippen LogP contribution < -0.4 is 5.32 Å². The molecule has 0 aromatic heterocycles. The Morgan fingerprint density at radius 3 is 2.23 bits per heavy atom. The van der Waals surface area contributed by atoms with E-state index in [-0.39, 0.29) is 0 Å². The molecule has 134 valence electrons. The first kappa shape index (κ1) is 17.1. The summed E-state index contributed by atoms with van der Waals surface area (Å²) in [5.74, 6) is 1.44. The van der Waals surface area contributed by atoms with Gasteiger partial charge in [-0.05, 0) is 85.3 Å². The summed E-state index contributed by atoms with van der Waals surface area (Å²) in [5.41, 5.74) is 8.12. The van der Waals surface area contributed by atoms with E-state index in [1.807, 2.05) is 0 Å². The number of benzene rings is 2.